The van der Waals surface area contributed by atoms with Crippen LogP contribution in [0.5, 0.6) is 0 Å². The van der Waals surface area contributed by atoms with Crippen molar-refractivity contribution in [2.75, 3.05) is 13.1 Å². The number of hydrogen-bond donors (Lipinski definition) is 0. The second kappa shape index (κ2) is 5.17. The van der Waals surface area contributed by atoms with Gasteiger partial charge in [0.05, 0.1) is 19.4 Å². The van der Waals surface area contributed by atoms with E-state index < -0.39 is 16.7 Å². The highest BCUT2D eigenvalue weighted by Crippen LogP contribution is 2.31. The topological polar surface area (TPSA) is 99.6 Å². The van der Waals surface area contributed by atoms with E-state index in [-0.39, 0.29) is 24.8 Å². The second-order valence-electron chi connectivity index (χ2n) is 6.16. The predicted octanol–water partition coefficient (Wildman–Crippen LogP) is -0.650. The zero-order valence-corrected chi connectivity index (χ0v) is 13.1. The van der Waals surface area contributed by atoms with Gasteiger partial charge in [0.15, 0.2) is 11.6 Å². The Morgan fingerprint density at radius 3 is 2.88 bits per heavy atom. The van der Waals surface area contributed by atoms with E-state index in [1.54, 1.807) is 17.0 Å². The van der Waals surface area contributed by atoms with Crippen molar-refractivity contribution < 1.29 is 13.9 Å². The van der Waals surface area contributed by atoms with E-state index in [0.717, 1.165) is 4.68 Å². The van der Waals surface area contributed by atoms with E-state index in [1.807, 2.05) is 0 Å². The van der Waals surface area contributed by atoms with E-state index in [9.17, 15) is 14.4 Å². The van der Waals surface area contributed by atoms with Crippen molar-refractivity contribution in [3.05, 3.63) is 50.7 Å². The Labute approximate surface area is 136 Å². The largest absolute Gasteiger partial charge is 0.459 e. The van der Waals surface area contributed by atoms with Crippen LogP contribution in [-0.2, 0) is 24.9 Å². The van der Waals surface area contributed by atoms with E-state index in [4.69, 9.17) is 9.15 Å². The minimum absolute atomic E-state index is 0.131. The van der Waals surface area contributed by atoms with Crippen molar-refractivity contribution in [1.82, 2.24) is 19.2 Å². The standard InChI is InChI=1S/C15H16N4O5/c1-17-13(21)14(22)19-9-15(24-7-11(19)16-17)4-5-18(8-15)12(20)10-3-2-6-23-10/h2-3,6H,4-5,7-9H2,1H3/t15-/m1/s1. The van der Waals surface area contributed by atoms with Gasteiger partial charge in [0, 0.05) is 13.6 Å². The molecule has 0 radical (unpaired) electrons. The van der Waals surface area contributed by atoms with Crippen LogP contribution in [0.25, 0.3) is 0 Å². The molecule has 9 nitrogen and oxygen atoms in total. The molecule has 4 heterocycles. The summed E-state index contributed by atoms with van der Waals surface area (Å²) >= 11 is 0. The van der Waals surface area contributed by atoms with Gasteiger partial charge in [0.25, 0.3) is 5.91 Å². The average molecular weight is 332 g/mol. The van der Waals surface area contributed by atoms with Gasteiger partial charge in [0.1, 0.15) is 12.2 Å². The van der Waals surface area contributed by atoms with Gasteiger partial charge in [0.2, 0.25) is 0 Å². The Morgan fingerprint density at radius 1 is 1.29 bits per heavy atom. The normalized spacial score (nSPS) is 22.8. The predicted molar refractivity (Wildman–Crippen MR) is 80.5 cm³/mol. The van der Waals surface area contributed by atoms with Gasteiger partial charge in [-0.1, -0.05) is 0 Å². The fourth-order valence-corrected chi connectivity index (χ4v) is 3.29. The third-order valence-corrected chi connectivity index (χ3v) is 4.59. The Bertz CT molecular complexity index is 913. The first-order valence-electron chi connectivity index (χ1n) is 7.63. The van der Waals surface area contributed by atoms with Crippen LogP contribution < -0.4 is 11.1 Å². The molecule has 0 saturated carbocycles. The summed E-state index contributed by atoms with van der Waals surface area (Å²) in [6.07, 6.45) is 2.04. The maximum atomic E-state index is 12.4. The Balaban J connectivity index is 1.61. The molecule has 1 spiro atoms. The SMILES string of the molecule is Cn1nc2n(c(=O)c1=O)C[C@]1(CCN(C(=O)c3ccco3)C1)OC2. The number of ether oxygens (including phenoxy) is 1. The van der Waals surface area contributed by atoms with Gasteiger partial charge in [-0.05, 0) is 18.6 Å². The van der Waals surface area contributed by atoms with Gasteiger partial charge >= 0.3 is 11.1 Å². The molecular formula is C15H16N4O5. The number of likely N-dealkylation sites (tertiary alicyclic amines) is 1. The van der Waals surface area contributed by atoms with Gasteiger partial charge in [-0.3, -0.25) is 19.0 Å². The highest BCUT2D eigenvalue weighted by Gasteiger charge is 2.45. The first kappa shape index (κ1) is 14.9. The van der Waals surface area contributed by atoms with Crippen molar-refractivity contribution in [2.45, 2.75) is 25.2 Å². The van der Waals surface area contributed by atoms with Gasteiger partial charge in [-0.25, -0.2) is 4.68 Å². The first-order chi connectivity index (χ1) is 11.5. The van der Waals surface area contributed by atoms with Crippen molar-refractivity contribution in [1.29, 1.82) is 0 Å². The summed E-state index contributed by atoms with van der Waals surface area (Å²) in [7, 11) is 1.44. The molecule has 1 saturated heterocycles. The van der Waals surface area contributed by atoms with Crippen LogP contribution >= 0.6 is 0 Å². The summed E-state index contributed by atoms with van der Waals surface area (Å²) < 4.78 is 13.5. The number of fused-ring (bicyclic) bond motifs is 1. The summed E-state index contributed by atoms with van der Waals surface area (Å²) in [5, 5.41) is 4.07. The highest BCUT2D eigenvalue weighted by atomic mass is 16.5. The maximum Gasteiger partial charge on any atom is 0.332 e. The van der Waals surface area contributed by atoms with Crippen molar-refractivity contribution in [3.63, 3.8) is 0 Å². The third kappa shape index (κ3) is 2.20. The molecule has 1 amide bonds. The highest BCUT2D eigenvalue weighted by molar-refractivity contribution is 5.91. The van der Waals surface area contributed by atoms with Crippen LogP contribution in [0.4, 0.5) is 0 Å². The lowest BCUT2D eigenvalue weighted by Gasteiger charge is -2.34. The molecule has 0 bridgehead atoms. The number of carbonyl (C=O) groups is 1. The van der Waals surface area contributed by atoms with E-state index in [0.29, 0.717) is 25.3 Å². The van der Waals surface area contributed by atoms with Crippen LogP contribution in [0.3, 0.4) is 0 Å². The minimum Gasteiger partial charge on any atom is -0.459 e. The monoisotopic (exact) mass is 332 g/mol. The number of amides is 1. The summed E-state index contributed by atoms with van der Waals surface area (Å²) in [6, 6.07) is 3.27. The summed E-state index contributed by atoms with van der Waals surface area (Å²) in [4.78, 5) is 38.1. The third-order valence-electron chi connectivity index (χ3n) is 4.59. The first-order valence-corrected chi connectivity index (χ1v) is 7.63. The number of carbonyl (C=O) groups excluding carboxylic acids is 1. The van der Waals surface area contributed by atoms with Crippen molar-refractivity contribution in [3.8, 4) is 0 Å². The molecule has 4 rings (SSSR count). The fraction of sp³-hybridized carbons (Fsp3) is 0.467. The van der Waals surface area contributed by atoms with Crippen LogP contribution in [0.2, 0.25) is 0 Å². The average Bonchev–Trinajstić information content (AvgIpc) is 3.24. The lowest BCUT2D eigenvalue weighted by atomic mass is 10.0. The Kier molecular flexibility index (Phi) is 3.20. The summed E-state index contributed by atoms with van der Waals surface area (Å²) in [5.41, 5.74) is -1.95. The number of hydrogen-bond acceptors (Lipinski definition) is 6. The molecule has 0 unspecified atom stereocenters. The molecule has 1 fully saturated rings. The molecule has 0 aliphatic carbocycles. The lowest BCUT2D eigenvalue weighted by Crippen LogP contribution is -2.53. The van der Waals surface area contributed by atoms with Gasteiger partial charge in [-0.2, -0.15) is 5.10 Å². The quantitative estimate of drug-likeness (QED) is 0.644. The van der Waals surface area contributed by atoms with Gasteiger partial charge in [-0.15, -0.1) is 0 Å². The molecule has 2 aromatic rings. The van der Waals surface area contributed by atoms with Crippen LogP contribution in [0, 0.1) is 0 Å². The molecule has 1 atom stereocenters. The number of furan rings is 1. The molecule has 9 heteroatoms. The molecular weight excluding hydrogens is 316 g/mol. The van der Waals surface area contributed by atoms with Crippen LogP contribution in [0.1, 0.15) is 22.8 Å². The second-order valence-corrected chi connectivity index (χ2v) is 6.16. The maximum absolute atomic E-state index is 12.4. The molecule has 126 valence electrons. The number of rotatable bonds is 1. The Morgan fingerprint density at radius 2 is 2.12 bits per heavy atom. The molecule has 2 aromatic heterocycles. The van der Waals surface area contributed by atoms with E-state index >= 15 is 0 Å². The number of aromatic nitrogens is 3. The summed E-state index contributed by atoms with van der Waals surface area (Å²) in [6.45, 7) is 1.19. The van der Waals surface area contributed by atoms with E-state index in [1.165, 1.54) is 17.9 Å². The molecule has 2 aliphatic heterocycles. The van der Waals surface area contributed by atoms with Gasteiger partial charge < -0.3 is 14.1 Å². The molecule has 2 aliphatic rings. The van der Waals surface area contributed by atoms with Crippen LogP contribution in [0.15, 0.2) is 32.4 Å². The molecule has 24 heavy (non-hydrogen) atoms. The number of aryl methyl sites for hydroxylation is 1. The number of nitrogens with zero attached hydrogens (tertiary/aromatic N) is 4. The van der Waals surface area contributed by atoms with Crippen molar-refractivity contribution in [2.24, 2.45) is 7.05 Å². The molecule has 0 aromatic carbocycles. The fourth-order valence-electron chi connectivity index (χ4n) is 3.29. The molecule has 0 N–H and O–H groups in total. The lowest BCUT2D eigenvalue weighted by molar-refractivity contribution is -0.0842. The van der Waals surface area contributed by atoms with E-state index in [2.05, 4.69) is 5.10 Å². The summed E-state index contributed by atoms with van der Waals surface area (Å²) in [5.74, 6) is 0.486. The van der Waals surface area contributed by atoms with Crippen LogP contribution in [-0.4, -0.2) is 43.8 Å². The minimum atomic E-state index is -0.673. The van der Waals surface area contributed by atoms with Crippen molar-refractivity contribution >= 4 is 5.91 Å². The zero-order chi connectivity index (χ0) is 16.9. The smallest absolute Gasteiger partial charge is 0.332 e. The Hall–Kier alpha value is -2.68. The zero-order valence-electron chi connectivity index (χ0n) is 13.1.